The number of imidazole rings is 1. The number of hydrogen-bond donors (Lipinski definition) is 1. The summed E-state index contributed by atoms with van der Waals surface area (Å²) >= 11 is 0. The highest BCUT2D eigenvalue weighted by molar-refractivity contribution is 5.78. The highest BCUT2D eigenvalue weighted by Gasteiger charge is 2.06. The monoisotopic (exact) mass is 297 g/mol. The molecular formula is C17H16FN3O. The minimum atomic E-state index is -0.302. The maximum absolute atomic E-state index is 12.8. The van der Waals surface area contributed by atoms with Crippen molar-refractivity contribution in [1.29, 1.82) is 0 Å². The molecule has 22 heavy (non-hydrogen) atoms. The van der Waals surface area contributed by atoms with Crippen molar-refractivity contribution in [3.63, 3.8) is 0 Å². The summed E-state index contributed by atoms with van der Waals surface area (Å²) in [5, 5.41) is 2.83. The lowest BCUT2D eigenvalue weighted by atomic mass is 10.1. The Morgan fingerprint density at radius 3 is 2.73 bits per heavy atom. The average molecular weight is 297 g/mol. The average Bonchev–Trinajstić information content (AvgIpc) is 2.89. The van der Waals surface area contributed by atoms with Crippen LogP contribution in [0.3, 0.4) is 0 Å². The standard InChI is InChI=1S/C17H16FN3O/c1-12-2-7-16-20-15(11-21(16)10-12)9-19-17(22)8-13-3-5-14(18)6-4-13/h2-7,10-11H,8-9H2,1H3,(H,19,22). The first kappa shape index (κ1) is 14.3. The van der Waals surface area contributed by atoms with Crippen LogP contribution in [-0.4, -0.2) is 15.3 Å². The lowest BCUT2D eigenvalue weighted by Crippen LogP contribution is -2.24. The first-order chi connectivity index (χ1) is 10.6. The molecule has 0 saturated carbocycles. The molecule has 2 aromatic heterocycles. The van der Waals surface area contributed by atoms with Gasteiger partial charge in [-0.25, -0.2) is 9.37 Å². The van der Waals surface area contributed by atoms with Gasteiger partial charge in [0, 0.05) is 12.4 Å². The molecule has 0 aliphatic rings. The number of pyridine rings is 1. The predicted octanol–water partition coefficient (Wildman–Crippen LogP) is 2.64. The molecule has 3 rings (SSSR count). The summed E-state index contributed by atoms with van der Waals surface area (Å²) in [5.74, 6) is -0.413. The van der Waals surface area contributed by atoms with Crippen molar-refractivity contribution in [2.75, 3.05) is 0 Å². The molecule has 0 aliphatic carbocycles. The van der Waals surface area contributed by atoms with Crippen molar-refractivity contribution >= 4 is 11.6 Å². The van der Waals surface area contributed by atoms with E-state index in [1.807, 2.05) is 35.9 Å². The third-order valence-corrected chi connectivity index (χ3v) is 3.39. The van der Waals surface area contributed by atoms with Crippen LogP contribution in [0.5, 0.6) is 0 Å². The minimum Gasteiger partial charge on any atom is -0.350 e. The van der Waals surface area contributed by atoms with E-state index >= 15 is 0 Å². The normalized spacial score (nSPS) is 10.8. The van der Waals surface area contributed by atoms with Gasteiger partial charge in [0.2, 0.25) is 5.91 Å². The summed E-state index contributed by atoms with van der Waals surface area (Å²) in [7, 11) is 0. The van der Waals surface area contributed by atoms with Gasteiger partial charge < -0.3 is 9.72 Å². The summed E-state index contributed by atoms with van der Waals surface area (Å²) in [6.07, 6.45) is 4.12. The van der Waals surface area contributed by atoms with E-state index in [0.29, 0.717) is 6.54 Å². The maximum atomic E-state index is 12.8. The van der Waals surface area contributed by atoms with E-state index in [1.54, 1.807) is 12.1 Å². The van der Waals surface area contributed by atoms with Gasteiger partial charge in [-0.15, -0.1) is 0 Å². The molecule has 2 heterocycles. The van der Waals surface area contributed by atoms with E-state index in [0.717, 1.165) is 22.5 Å². The number of benzene rings is 1. The summed E-state index contributed by atoms with van der Waals surface area (Å²) in [4.78, 5) is 16.3. The largest absolute Gasteiger partial charge is 0.350 e. The van der Waals surface area contributed by atoms with E-state index in [9.17, 15) is 9.18 Å². The van der Waals surface area contributed by atoms with Crippen molar-refractivity contribution in [3.05, 3.63) is 71.4 Å². The van der Waals surface area contributed by atoms with Crippen molar-refractivity contribution in [2.24, 2.45) is 0 Å². The second kappa shape index (κ2) is 5.97. The molecule has 0 unspecified atom stereocenters. The maximum Gasteiger partial charge on any atom is 0.224 e. The van der Waals surface area contributed by atoms with Crippen LogP contribution in [-0.2, 0) is 17.8 Å². The second-order valence-electron chi connectivity index (χ2n) is 5.28. The highest BCUT2D eigenvalue weighted by Crippen LogP contribution is 2.07. The molecule has 1 amide bonds. The molecule has 5 heteroatoms. The molecule has 112 valence electrons. The van der Waals surface area contributed by atoms with Crippen molar-refractivity contribution < 1.29 is 9.18 Å². The zero-order chi connectivity index (χ0) is 15.5. The van der Waals surface area contributed by atoms with Gasteiger partial charge in [-0.2, -0.15) is 0 Å². The summed E-state index contributed by atoms with van der Waals surface area (Å²) in [5.41, 5.74) is 3.59. The number of nitrogens with zero attached hydrogens (tertiary/aromatic N) is 2. The molecule has 0 atom stereocenters. The summed E-state index contributed by atoms with van der Waals surface area (Å²) in [6.45, 7) is 2.39. The fourth-order valence-electron chi connectivity index (χ4n) is 2.28. The Bertz CT molecular complexity index is 808. The zero-order valence-electron chi connectivity index (χ0n) is 12.2. The number of aryl methyl sites for hydroxylation is 1. The van der Waals surface area contributed by atoms with E-state index < -0.39 is 0 Å². The smallest absolute Gasteiger partial charge is 0.224 e. The number of aromatic nitrogens is 2. The Kier molecular flexibility index (Phi) is 3.87. The third kappa shape index (κ3) is 3.31. The van der Waals surface area contributed by atoms with E-state index in [-0.39, 0.29) is 18.1 Å². The number of rotatable bonds is 4. The first-order valence-electron chi connectivity index (χ1n) is 7.05. The number of halogens is 1. The first-order valence-corrected chi connectivity index (χ1v) is 7.05. The van der Waals surface area contributed by atoms with Crippen LogP contribution in [0.25, 0.3) is 5.65 Å². The highest BCUT2D eigenvalue weighted by atomic mass is 19.1. The molecule has 3 aromatic rings. The predicted molar refractivity (Wildman–Crippen MR) is 81.9 cm³/mol. The number of carbonyl (C=O) groups excluding carboxylic acids is 1. The SMILES string of the molecule is Cc1ccc2nc(CNC(=O)Cc3ccc(F)cc3)cn2c1. The lowest BCUT2D eigenvalue weighted by Gasteiger charge is -2.03. The fourth-order valence-corrected chi connectivity index (χ4v) is 2.28. The van der Waals surface area contributed by atoms with Gasteiger partial charge in [-0.05, 0) is 36.2 Å². The Hall–Kier alpha value is -2.69. The summed E-state index contributed by atoms with van der Waals surface area (Å²) < 4.78 is 14.8. The molecular weight excluding hydrogens is 281 g/mol. The second-order valence-corrected chi connectivity index (χ2v) is 5.28. The van der Waals surface area contributed by atoms with Crippen LogP contribution in [0.1, 0.15) is 16.8 Å². The van der Waals surface area contributed by atoms with Crippen molar-refractivity contribution in [3.8, 4) is 0 Å². The topological polar surface area (TPSA) is 46.4 Å². The molecule has 0 saturated heterocycles. The Morgan fingerprint density at radius 1 is 1.18 bits per heavy atom. The van der Waals surface area contributed by atoms with Crippen LogP contribution in [0, 0.1) is 12.7 Å². The van der Waals surface area contributed by atoms with Gasteiger partial charge in [0.15, 0.2) is 0 Å². The Labute approximate surface area is 127 Å². The van der Waals surface area contributed by atoms with E-state index in [1.165, 1.54) is 12.1 Å². The molecule has 1 aromatic carbocycles. The van der Waals surface area contributed by atoms with Gasteiger partial charge in [-0.1, -0.05) is 18.2 Å². The van der Waals surface area contributed by atoms with Crippen LogP contribution >= 0.6 is 0 Å². The summed E-state index contributed by atoms with van der Waals surface area (Å²) in [6, 6.07) is 9.88. The van der Waals surface area contributed by atoms with Gasteiger partial charge in [0.1, 0.15) is 11.5 Å². The number of nitrogens with one attached hydrogen (secondary N) is 1. The number of amides is 1. The fraction of sp³-hybridized carbons (Fsp3) is 0.176. The Balaban J connectivity index is 1.61. The number of hydrogen-bond acceptors (Lipinski definition) is 2. The molecule has 1 N–H and O–H groups in total. The molecule has 0 fully saturated rings. The Morgan fingerprint density at radius 2 is 1.95 bits per heavy atom. The third-order valence-electron chi connectivity index (χ3n) is 3.39. The minimum absolute atomic E-state index is 0.111. The number of fused-ring (bicyclic) bond motifs is 1. The molecule has 4 nitrogen and oxygen atoms in total. The van der Waals surface area contributed by atoms with E-state index in [4.69, 9.17) is 0 Å². The van der Waals surface area contributed by atoms with Crippen LogP contribution in [0.15, 0.2) is 48.8 Å². The van der Waals surface area contributed by atoms with Crippen LogP contribution in [0.4, 0.5) is 4.39 Å². The quantitative estimate of drug-likeness (QED) is 0.804. The lowest BCUT2D eigenvalue weighted by molar-refractivity contribution is -0.120. The molecule has 0 aliphatic heterocycles. The van der Waals surface area contributed by atoms with E-state index in [2.05, 4.69) is 10.3 Å². The van der Waals surface area contributed by atoms with Crippen molar-refractivity contribution in [1.82, 2.24) is 14.7 Å². The van der Waals surface area contributed by atoms with Gasteiger partial charge >= 0.3 is 0 Å². The van der Waals surface area contributed by atoms with Crippen LogP contribution < -0.4 is 5.32 Å². The molecule has 0 bridgehead atoms. The van der Waals surface area contributed by atoms with Gasteiger partial charge in [0.05, 0.1) is 18.7 Å². The van der Waals surface area contributed by atoms with Gasteiger partial charge in [0.25, 0.3) is 0 Å². The molecule has 0 radical (unpaired) electrons. The van der Waals surface area contributed by atoms with Crippen LogP contribution in [0.2, 0.25) is 0 Å². The van der Waals surface area contributed by atoms with Crippen molar-refractivity contribution in [2.45, 2.75) is 19.9 Å². The zero-order valence-corrected chi connectivity index (χ0v) is 12.2. The number of carbonyl (C=O) groups is 1. The van der Waals surface area contributed by atoms with Gasteiger partial charge in [-0.3, -0.25) is 4.79 Å². The molecule has 0 spiro atoms.